The van der Waals surface area contributed by atoms with E-state index in [0.717, 1.165) is 5.52 Å². The van der Waals surface area contributed by atoms with E-state index in [2.05, 4.69) is 9.97 Å². The molecule has 0 saturated heterocycles. The molecule has 0 amide bonds. The summed E-state index contributed by atoms with van der Waals surface area (Å²) in [6, 6.07) is 12.2. The molecular weight excluding hydrogens is 264 g/mol. The molecule has 5 nitrogen and oxygen atoms in total. The molecule has 0 aliphatic carbocycles. The standard InChI is InChI=1S/C13H8N2O3S/c16-12(17)9-5-3-7-11(14-9)19-13-15-8-4-1-2-6-10(8)18-13/h1-7H,(H,16,17). The number of aromatic carboxylic acids is 1. The van der Waals surface area contributed by atoms with Crippen LogP contribution < -0.4 is 0 Å². The average molecular weight is 272 g/mol. The average Bonchev–Trinajstić information content (AvgIpc) is 2.81. The molecule has 2 aromatic heterocycles. The minimum atomic E-state index is -1.06. The van der Waals surface area contributed by atoms with Crippen LogP contribution in [0, 0.1) is 0 Å². The number of hydrogen-bond acceptors (Lipinski definition) is 5. The maximum absolute atomic E-state index is 10.8. The van der Waals surface area contributed by atoms with Crippen LogP contribution in [0.1, 0.15) is 10.5 Å². The van der Waals surface area contributed by atoms with Gasteiger partial charge in [0.1, 0.15) is 16.2 Å². The van der Waals surface area contributed by atoms with Gasteiger partial charge >= 0.3 is 5.97 Å². The van der Waals surface area contributed by atoms with Crippen LogP contribution in [0.3, 0.4) is 0 Å². The van der Waals surface area contributed by atoms with E-state index in [9.17, 15) is 4.79 Å². The maximum Gasteiger partial charge on any atom is 0.354 e. The highest BCUT2D eigenvalue weighted by Gasteiger charge is 2.10. The number of carboxylic acid groups (broad SMARTS) is 1. The van der Waals surface area contributed by atoms with E-state index < -0.39 is 5.97 Å². The molecule has 3 aromatic rings. The smallest absolute Gasteiger partial charge is 0.354 e. The zero-order chi connectivity index (χ0) is 13.2. The van der Waals surface area contributed by atoms with E-state index in [1.54, 1.807) is 12.1 Å². The number of aromatic nitrogens is 2. The number of pyridine rings is 1. The van der Waals surface area contributed by atoms with E-state index in [1.165, 1.54) is 17.8 Å². The molecule has 0 aliphatic heterocycles. The van der Waals surface area contributed by atoms with Crippen molar-refractivity contribution < 1.29 is 14.3 Å². The summed E-state index contributed by atoms with van der Waals surface area (Å²) in [6.07, 6.45) is 0. The van der Waals surface area contributed by atoms with Gasteiger partial charge < -0.3 is 9.52 Å². The largest absolute Gasteiger partial charge is 0.477 e. The Morgan fingerprint density at radius 3 is 2.74 bits per heavy atom. The van der Waals surface area contributed by atoms with Crippen molar-refractivity contribution in [3.63, 3.8) is 0 Å². The summed E-state index contributed by atoms with van der Waals surface area (Å²) < 4.78 is 5.54. The van der Waals surface area contributed by atoms with Crippen molar-refractivity contribution in [2.45, 2.75) is 10.2 Å². The topological polar surface area (TPSA) is 76.2 Å². The van der Waals surface area contributed by atoms with Gasteiger partial charge in [-0.3, -0.25) is 0 Å². The number of carbonyl (C=O) groups is 1. The Kier molecular flexibility index (Phi) is 2.92. The summed E-state index contributed by atoms with van der Waals surface area (Å²) in [4.78, 5) is 19.1. The van der Waals surface area contributed by atoms with Crippen LogP contribution >= 0.6 is 11.8 Å². The summed E-state index contributed by atoms with van der Waals surface area (Å²) in [5, 5.41) is 9.85. The SMILES string of the molecule is O=C(O)c1cccc(Sc2nc3ccccc3o2)n1. The third kappa shape index (κ3) is 2.43. The molecule has 94 valence electrons. The highest BCUT2D eigenvalue weighted by atomic mass is 32.2. The van der Waals surface area contributed by atoms with Gasteiger partial charge in [-0.2, -0.15) is 0 Å². The Hall–Kier alpha value is -2.34. The zero-order valence-electron chi connectivity index (χ0n) is 9.61. The van der Waals surface area contributed by atoms with E-state index in [0.29, 0.717) is 15.8 Å². The highest BCUT2D eigenvalue weighted by molar-refractivity contribution is 7.99. The lowest BCUT2D eigenvalue weighted by atomic mass is 10.3. The van der Waals surface area contributed by atoms with E-state index >= 15 is 0 Å². The quantitative estimate of drug-likeness (QED) is 0.789. The first kappa shape index (κ1) is 11.7. The van der Waals surface area contributed by atoms with Crippen LogP contribution in [-0.2, 0) is 0 Å². The highest BCUT2D eigenvalue weighted by Crippen LogP contribution is 2.28. The first-order valence-electron chi connectivity index (χ1n) is 5.46. The van der Waals surface area contributed by atoms with Gasteiger partial charge in [-0.05, 0) is 36.0 Å². The van der Waals surface area contributed by atoms with Crippen molar-refractivity contribution in [1.29, 1.82) is 0 Å². The van der Waals surface area contributed by atoms with Crippen molar-refractivity contribution in [1.82, 2.24) is 9.97 Å². The molecule has 6 heteroatoms. The molecule has 1 aromatic carbocycles. The minimum Gasteiger partial charge on any atom is -0.477 e. The second-order valence-corrected chi connectivity index (χ2v) is 4.69. The summed E-state index contributed by atoms with van der Waals surface area (Å²) in [7, 11) is 0. The van der Waals surface area contributed by atoms with Crippen molar-refractivity contribution in [3.8, 4) is 0 Å². The first-order valence-corrected chi connectivity index (χ1v) is 6.28. The maximum atomic E-state index is 10.8. The molecule has 0 spiro atoms. The lowest BCUT2D eigenvalue weighted by Crippen LogP contribution is -1.99. The molecule has 0 unspecified atom stereocenters. The first-order chi connectivity index (χ1) is 9.22. The van der Waals surface area contributed by atoms with Gasteiger partial charge in [0.25, 0.3) is 5.22 Å². The van der Waals surface area contributed by atoms with E-state index in [-0.39, 0.29) is 5.69 Å². The van der Waals surface area contributed by atoms with Crippen LogP contribution in [-0.4, -0.2) is 21.0 Å². The predicted octanol–water partition coefficient (Wildman–Crippen LogP) is 3.07. The molecule has 19 heavy (non-hydrogen) atoms. The molecular formula is C13H8N2O3S. The van der Waals surface area contributed by atoms with Gasteiger partial charge in [0.05, 0.1) is 0 Å². The van der Waals surface area contributed by atoms with E-state index in [1.807, 2.05) is 24.3 Å². The summed E-state index contributed by atoms with van der Waals surface area (Å²) in [5.74, 6) is -1.06. The number of para-hydroxylation sites is 2. The van der Waals surface area contributed by atoms with Crippen molar-refractivity contribution in [2.75, 3.05) is 0 Å². The minimum absolute atomic E-state index is 0.00103. The molecule has 0 aliphatic rings. The van der Waals surface area contributed by atoms with Gasteiger partial charge in [0.2, 0.25) is 0 Å². The Morgan fingerprint density at radius 2 is 1.95 bits per heavy atom. The fourth-order valence-electron chi connectivity index (χ4n) is 1.57. The van der Waals surface area contributed by atoms with Crippen LogP contribution in [0.25, 0.3) is 11.1 Å². The van der Waals surface area contributed by atoms with E-state index in [4.69, 9.17) is 9.52 Å². The molecule has 3 rings (SSSR count). The lowest BCUT2D eigenvalue weighted by Gasteiger charge is -1.97. The Bertz CT molecular complexity index is 721. The Labute approximate surface area is 112 Å². The van der Waals surface area contributed by atoms with Gasteiger partial charge in [0.15, 0.2) is 5.58 Å². The van der Waals surface area contributed by atoms with Crippen LogP contribution in [0.4, 0.5) is 0 Å². The fraction of sp³-hybridized carbons (Fsp3) is 0. The summed E-state index contributed by atoms with van der Waals surface area (Å²) in [5.41, 5.74) is 1.46. The monoisotopic (exact) mass is 272 g/mol. The van der Waals surface area contributed by atoms with Gasteiger partial charge in [-0.25, -0.2) is 14.8 Å². The molecule has 2 heterocycles. The van der Waals surface area contributed by atoms with Crippen LogP contribution in [0.5, 0.6) is 0 Å². The molecule has 1 N–H and O–H groups in total. The number of oxazole rings is 1. The van der Waals surface area contributed by atoms with Gasteiger partial charge in [0, 0.05) is 0 Å². The fourth-order valence-corrected chi connectivity index (χ4v) is 2.32. The Balaban J connectivity index is 1.92. The number of benzene rings is 1. The lowest BCUT2D eigenvalue weighted by molar-refractivity contribution is 0.0689. The summed E-state index contributed by atoms with van der Waals surface area (Å²) >= 11 is 1.19. The number of carboxylic acids is 1. The van der Waals surface area contributed by atoms with Crippen molar-refractivity contribution >= 4 is 28.8 Å². The number of nitrogens with zero attached hydrogens (tertiary/aromatic N) is 2. The zero-order valence-corrected chi connectivity index (χ0v) is 10.4. The second-order valence-electron chi connectivity index (χ2n) is 3.72. The third-order valence-electron chi connectivity index (χ3n) is 2.41. The Morgan fingerprint density at radius 1 is 1.11 bits per heavy atom. The van der Waals surface area contributed by atoms with Crippen molar-refractivity contribution in [2.24, 2.45) is 0 Å². The molecule has 0 fully saturated rings. The molecule has 0 bridgehead atoms. The van der Waals surface area contributed by atoms with Gasteiger partial charge in [-0.15, -0.1) is 0 Å². The van der Waals surface area contributed by atoms with Crippen molar-refractivity contribution in [3.05, 3.63) is 48.2 Å². The van der Waals surface area contributed by atoms with Gasteiger partial charge in [-0.1, -0.05) is 18.2 Å². The molecule has 0 saturated carbocycles. The molecule has 0 atom stereocenters. The normalized spacial score (nSPS) is 10.7. The number of fused-ring (bicyclic) bond motifs is 1. The predicted molar refractivity (Wildman–Crippen MR) is 69.3 cm³/mol. The third-order valence-corrected chi connectivity index (χ3v) is 3.19. The van der Waals surface area contributed by atoms with Crippen LogP contribution in [0.15, 0.2) is 57.1 Å². The molecule has 0 radical (unpaired) electrons. The second kappa shape index (κ2) is 4.74. The summed E-state index contributed by atoms with van der Waals surface area (Å²) in [6.45, 7) is 0. The number of rotatable bonds is 3. The van der Waals surface area contributed by atoms with Crippen LogP contribution in [0.2, 0.25) is 0 Å². The number of hydrogen-bond donors (Lipinski definition) is 1.